The summed E-state index contributed by atoms with van der Waals surface area (Å²) in [6.45, 7) is 0.950. The molecule has 0 radical (unpaired) electrons. The Balaban J connectivity index is 1.75. The maximum Gasteiger partial charge on any atom is 0.227 e. The van der Waals surface area contributed by atoms with E-state index in [9.17, 15) is 4.79 Å². The van der Waals surface area contributed by atoms with E-state index < -0.39 is 0 Å². The number of hydrogen-bond donors (Lipinski definition) is 0. The quantitative estimate of drug-likeness (QED) is 0.808. The number of rotatable bonds is 1. The van der Waals surface area contributed by atoms with Gasteiger partial charge in [-0.1, -0.05) is 0 Å². The molecule has 1 amide bonds. The van der Waals surface area contributed by atoms with Crippen LogP contribution in [-0.4, -0.2) is 30.5 Å². The third kappa shape index (κ3) is 1.42. The van der Waals surface area contributed by atoms with Crippen molar-refractivity contribution in [2.75, 3.05) is 13.7 Å². The standard InChI is InChI=1S/C17H17NO3/c1-20-10-2-3-15-11(6-10)12-7-16(19)18-8-9-4-13(14(18)5-9)17(12)21-15/h2-3,6,9,13-14H,4-5,7-8H2,1H3/t9-,13+,14-/m0/s1. The first-order valence-corrected chi connectivity index (χ1v) is 7.63. The maximum absolute atomic E-state index is 12.6. The number of methoxy groups -OCH3 is 1. The average molecular weight is 283 g/mol. The third-order valence-corrected chi connectivity index (χ3v) is 5.50. The number of fused-ring (bicyclic) bond motifs is 5. The molecule has 1 saturated heterocycles. The summed E-state index contributed by atoms with van der Waals surface area (Å²) in [5, 5.41) is 1.05. The first-order chi connectivity index (χ1) is 10.2. The molecule has 0 spiro atoms. The van der Waals surface area contributed by atoms with Gasteiger partial charge in [-0.25, -0.2) is 0 Å². The van der Waals surface area contributed by atoms with Crippen molar-refractivity contribution in [2.45, 2.75) is 31.2 Å². The third-order valence-electron chi connectivity index (χ3n) is 5.50. The van der Waals surface area contributed by atoms with E-state index in [-0.39, 0.29) is 5.91 Å². The molecule has 1 aromatic heterocycles. The zero-order chi connectivity index (χ0) is 14.1. The molecule has 2 fully saturated rings. The van der Waals surface area contributed by atoms with Gasteiger partial charge in [0.25, 0.3) is 0 Å². The van der Waals surface area contributed by atoms with Crippen LogP contribution in [0.25, 0.3) is 11.0 Å². The molecule has 3 heterocycles. The van der Waals surface area contributed by atoms with Gasteiger partial charge in [0, 0.05) is 29.5 Å². The molecule has 1 aromatic carbocycles. The number of ether oxygens (including phenoxy) is 1. The largest absolute Gasteiger partial charge is 0.497 e. The lowest BCUT2D eigenvalue weighted by molar-refractivity contribution is -0.132. The molecule has 4 nitrogen and oxygen atoms in total. The van der Waals surface area contributed by atoms with Gasteiger partial charge >= 0.3 is 0 Å². The van der Waals surface area contributed by atoms with Crippen molar-refractivity contribution in [1.82, 2.24) is 4.90 Å². The van der Waals surface area contributed by atoms with Gasteiger partial charge in [0.15, 0.2) is 0 Å². The normalized spacial score (nSPS) is 29.9. The number of amides is 1. The predicted molar refractivity (Wildman–Crippen MR) is 77.4 cm³/mol. The zero-order valence-corrected chi connectivity index (χ0v) is 12.0. The monoisotopic (exact) mass is 283 g/mol. The van der Waals surface area contributed by atoms with E-state index in [0.717, 1.165) is 41.0 Å². The van der Waals surface area contributed by atoms with E-state index in [2.05, 4.69) is 4.90 Å². The summed E-state index contributed by atoms with van der Waals surface area (Å²) < 4.78 is 11.5. The molecule has 2 aromatic rings. The molecule has 5 rings (SSSR count). The number of carbonyl (C=O) groups excluding carboxylic acids is 1. The highest BCUT2D eigenvalue weighted by Gasteiger charge is 2.51. The van der Waals surface area contributed by atoms with Gasteiger partial charge in [0.2, 0.25) is 5.91 Å². The SMILES string of the molecule is COc1ccc2oc3c(c2c1)CC(=O)N1C[C@H]2C[C@@H]3[C@@H]1C2. The van der Waals surface area contributed by atoms with Gasteiger partial charge in [0.05, 0.1) is 13.5 Å². The van der Waals surface area contributed by atoms with Crippen LogP contribution < -0.4 is 4.74 Å². The summed E-state index contributed by atoms with van der Waals surface area (Å²) >= 11 is 0. The minimum atomic E-state index is 0.261. The van der Waals surface area contributed by atoms with Gasteiger partial charge in [-0.2, -0.15) is 0 Å². The summed E-state index contributed by atoms with van der Waals surface area (Å²) in [4.78, 5) is 14.7. The molecule has 2 bridgehead atoms. The lowest BCUT2D eigenvalue weighted by Crippen LogP contribution is -2.40. The van der Waals surface area contributed by atoms with Crippen LogP contribution >= 0.6 is 0 Å². The summed E-state index contributed by atoms with van der Waals surface area (Å²) in [5.41, 5.74) is 1.97. The maximum atomic E-state index is 12.6. The minimum absolute atomic E-state index is 0.261. The molecular formula is C17H17NO3. The smallest absolute Gasteiger partial charge is 0.227 e. The van der Waals surface area contributed by atoms with Gasteiger partial charge in [-0.05, 0) is 37.0 Å². The summed E-state index contributed by atoms with van der Waals surface area (Å²) in [6, 6.07) is 6.24. The average Bonchev–Trinajstić information content (AvgIpc) is 3.17. The fourth-order valence-electron chi connectivity index (χ4n) is 4.60. The van der Waals surface area contributed by atoms with Crippen molar-refractivity contribution in [3.8, 4) is 5.75 Å². The van der Waals surface area contributed by atoms with E-state index in [1.807, 2.05) is 18.2 Å². The second-order valence-corrected chi connectivity index (χ2v) is 6.54. The van der Waals surface area contributed by atoms with Crippen LogP contribution in [0.4, 0.5) is 0 Å². The Morgan fingerprint density at radius 3 is 3.05 bits per heavy atom. The number of furan rings is 1. The number of piperidine rings is 1. The Bertz CT molecular complexity index is 763. The number of benzene rings is 1. The molecule has 4 heteroatoms. The highest BCUT2D eigenvalue weighted by Crippen LogP contribution is 2.51. The Kier molecular flexibility index (Phi) is 2.12. The number of carbonyl (C=O) groups is 1. The molecule has 1 saturated carbocycles. The molecule has 3 aliphatic rings. The van der Waals surface area contributed by atoms with Crippen LogP contribution in [0.1, 0.15) is 30.1 Å². The Morgan fingerprint density at radius 1 is 1.33 bits per heavy atom. The summed E-state index contributed by atoms with van der Waals surface area (Å²) in [7, 11) is 1.67. The summed E-state index contributed by atoms with van der Waals surface area (Å²) in [5.74, 6) is 3.19. The van der Waals surface area contributed by atoms with E-state index in [1.54, 1.807) is 7.11 Å². The fourth-order valence-corrected chi connectivity index (χ4v) is 4.60. The van der Waals surface area contributed by atoms with E-state index >= 15 is 0 Å². The molecule has 2 aliphatic heterocycles. The van der Waals surface area contributed by atoms with Crippen molar-refractivity contribution < 1.29 is 13.9 Å². The molecule has 0 N–H and O–H groups in total. The van der Waals surface area contributed by atoms with E-state index in [0.29, 0.717) is 24.3 Å². The van der Waals surface area contributed by atoms with Crippen LogP contribution in [-0.2, 0) is 11.2 Å². The van der Waals surface area contributed by atoms with Crippen LogP contribution in [0, 0.1) is 5.92 Å². The van der Waals surface area contributed by atoms with Crippen molar-refractivity contribution in [1.29, 1.82) is 0 Å². The first kappa shape index (κ1) is 11.7. The van der Waals surface area contributed by atoms with Crippen LogP contribution in [0.15, 0.2) is 22.6 Å². The minimum Gasteiger partial charge on any atom is -0.497 e. The highest BCUT2D eigenvalue weighted by molar-refractivity contribution is 5.91. The lowest BCUT2D eigenvalue weighted by atomic mass is 9.94. The van der Waals surface area contributed by atoms with Crippen LogP contribution in [0.3, 0.4) is 0 Å². The highest BCUT2D eigenvalue weighted by atomic mass is 16.5. The van der Waals surface area contributed by atoms with Crippen molar-refractivity contribution in [2.24, 2.45) is 5.92 Å². The van der Waals surface area contributed by atoms with Crippen molar-refractivity contribution in [3.63, 3.8) is 0 Å². The Hall–Kier alpha value is -1.97. The molecule has 3 atom stereocenters. The number of hydrogen-bond acceptors (Lipinski definition) is 3. The number of nitrogens with zero attached hydrogens (tertiary/aromatic N) is 1. The molecule has 108 valence electrons. The molecule has 21 heavy (non-hydrogen) atoms. The van der Waals surface area contributed by atoms with Gasteiger partial charge in [-0.15, -0.1) is 0 Å². The van der Waals surface area contributed by atoms with Gasteiger partial charge in [0.1, 0.15) is 17.1 Å². The van der Waals surface area contributed by atoms with E-state index in [4.69, 9.17) is 9.15 Å². The van der Waals surface area contributed by atoms with Gasteiger partial charge < -0.3 is 14.1 Å². The topological polar surface area (TPSA) is 42.7 Å². The summed E-state index contributed by atoms with van der Waals surface area (Å²) in [6.07, 6.45) is 2.78. The van der Waals surface area contributed by atoms with E-state index in [1.165, 1.54) is 6.42 Å². The molecule has 1 aliphatic carbocycles. The van der Waals surface area contributed by atoms with Crippen molar-refractivity contribution >= 4 is 16.9 Å². The van der Waals surface area contributed by atoms with Crippen LogP contribution in [0.2, 0.25) is 0 Å². The predicted octanol–water partition coefficient (Wildman–Crippen LogP) is 2.70. The Labute approximate surface area is 122 Å². The lowest BCUT2D eigenvalue weighted by Gasteiger charge is -2.30. The zero-order valence-electron chi connectivity index (χ0n) is 12.0. The fraction of sp³-hybridized carbons (Fsp3) is 0.471. The van der Waals surface area contributed by atoms with Crippen molar-refractivity contribution in [3.05, 3.63) is 29.5 Å². The first-order valence-electron chi connectivity index (χ1n) is 7.63. The Morgan fingerprint density at radius 2 is 2.24 bits per heavy atom. The molecular weight excluding hydrogens is 266 g/mol. The second-order valence-electron chi connectivity index (χ2n) is 6.54. The van der Waals surface area contributed by atoms with Crippen LogP contribution in [0.5, 0.6) is 5.75 Å². The second kappa shape index (κ2) is 3.81. The van der Waals surface area contributed by atoms with Gasteiger partial charge in [-0.3, -0.25) is 4.79 Å². The molecule has 0 unspecified atom stereocenters.